The van der Waals surface area contributed by atoms with E-state index in [9.17, 15) is 19.7 Å². The number of aliphatic carboxylic acids is 1. The average Bonchev–Trinajstić information content (AvgIpc) is 2.26. The molecule has 7 nitrogen and oxygen atoms in total. The van der Waals surface area contributed by atoms with Gasteiger partial charge in [0, 0.05) is 23.2 Å². The summed E-state index contributed by atoms with van der Waals surface area (Å²) in [5, 5.41) is 21.4. The van der Waals surface area contributed by atoms with Crippen molar-refractivity contribution in [2.24, 2.45) is 0 Å². The number of nitro benzene ring substituents is 1. The molecule has 1 aromatic rings. The molecule has 8 heteroatoms. The number of nitrogens with one attached hydrogen (secondary N) is 1. The van der Waals surface area contributed by atoms with Gasteiger partial charge in [0.25, 0.3) is 5.69 Å². The average molecular weight is 271 g/mol. The Bertz CT molecular complexity index is 541. The number of nitro groups is 1. The van der Waals surface area contributed by atoms with Crippen LogP contribution in [0.15, 0.2) is 30.4 Å². The highest BCUT2D eigenvalue weighted by molar-refractivity contribution is 6.31. The monoisotopic (exact) mass is 270 g/mol. The molecule has 0 spiro atoms. The van der Waals surface area contributed by atoms with Crippen molar-refractivity contribution in [3.05, 3.63) is 45.5 Å². The summed E-state index contributed by atoms with van der Waals surface area (Å²) in [6.07, 6.45) is 1.36. The number of benzene rings is 1. The summed E-state index contributed by atoms with van der Waals surface area (Å²) in [5.74, 6) is -2.10. The molecular weight excluding hydrogens is 264 g/mol. The first-order valence-electron chi connectivity index (χ1n) is 4.56. The predicted octanol–water partition coefficient (Wildman–Crippen LogP) is 1.83. The first-order chi connectivity index (χ1) is 8.40. The van der Waals surface area contributed by atoms with E-state index >= 15 is 0 Å². The van der Waals surface area contributed by atoms with Crippen molar-refractivity contribution >= 4 is 34.9 Å². The molecule has 0 unspecified atom stereocenters. The van der Waals surface area contributed by atoms with Crippen LogP contribution in [0.4, 0.5) is 11.4 Å². The third kappa shape index (κ3) is 3.87. The van der Waals surface area contributed by atoms with Crippen LogP contribution in [0.2, 0.25) is 5.02 Å². The second-order valence-corrected chi connectivity index (χ2v) is 3.52. The van der Waals surface area contributed by atoms with Gasteiger partial charge in [-0.2, -0.15) is 0 Å². The van der Waals surface area contributed by atoms with Crippen LogP contribution < -0.4 is 5.32 Å². The lowest BCUT2D eigenvalue weighted by Crippen LogP contribution is -2.10. The highest BCUT2D eigenvalue weighted by Crippen LogP contribution is 2.27. The highest BCUT2D eigenvalue weighted by Gasteiger charge is 2.15. The number of anilines is 1. The van der Waals surface area contributed by atoms with Crippen molar-refractivity contribution in [2.75, 3.05) is 5.32 Å². The summed E-state index contributed by atoms with van der Waals surface area (Å²) in [4.78, 5) is 31.5. The summed E-state index contributed by atoms with van der Waals surface area (Å²) < 4.78 is 0. The Morgan fingerprint density at radius 1 is 1.39 bits per heavy atom. The fraction of sp³-hybridized carbons (Fsp3) is 0. The molecule has 0 saturated carbocycles. The maximum absolute atomic E-state index is 11.3. The molecule has 0 radical (unpaired) electrons. The first-order valence-corrected chi connectivity index (χ1v) is 4.94. The van der Waals surface area contributed by atoms with E-state index < -0.39 is 16.8 Å². The number of hydrogen-bond acceptors (Lipinski definition) is 4. The summed E-state index contributed by atoms with van der Waals surface area (Å²) >= 11 is 5.65. The molecule has 94 valence electrons. The second-order valence-electron chi connectivity index (χ2n) is 3.08. The van der Waals surface area contributed by atoms with Crippen molar-refractivity contribution in [3.63, 3.8) is 0 Å². The molecule has 0 aliphatic carbocycles. The summed E-state index contributed by atoms with van der Waals surface area (Å²) in [7, 11) is 0. The Kier molecular flexibility index (Phi) is 4.39. The van der Waals surface area contributed by atoms with Crippen LogP contribution in [0, 0.1) is 10.1 Å². The van der Waals surface area contributed by atoms with Crippen LogP contribution >= 0.6 is 11.6 Å². The number of halogens is 1. The topological polar surface area (TPSA) is 110 Å². The number of rotatable bonds is 4. The Hall–Kier alpha value is -2.41. The molecule has 0 bridgehead atoms. The molecule has 0 atom stereocenters. The quantitative estimate of drug-likeness (QED) is 0.493. The minimum Gasteiger partial charge on any atom is -0.478 e. The maximum Gasteiger partial charge on any atom is 0.328 e. The largest absolute Gasteiger partial charge is 0.478 e. The molecule has 1 aromatic carbocycles. The van der Waals surface area contributed by atoms with Gasteiger partial charge in [-0.15, -0.1) is 0 Å². The van der Waals surface area contributed by atoms with Crippen LogP contribution in [-0.2, 0) is 9.59 Å². The maximum atomic E-state index is 11.3. The SMILES string of the molecule is O=C(O)/C=C/C(=O)Nc1cc(Cl)ccc1[N+](=O)[O-]. The minimum absolute atomic E-state index is 0.104. The van der Waals surface area contributed by atoms with Gasteiger partial charge in [0.05, 0.1) is 4.92 Å². The Labute approximate surface area is 106 Å². The van der Waals surface area contributed by atoms with Gasteiger partial charge in [0.2, 0.25) is 5.91 Å². The number of nitrogens with zero attached hydrogens (tertiary/aromatic N) is 1. The fourth-order valence-electron chi connectivity index (χ4n) is 1.09. The van der Waals surface area contributed by atoms with Gasteiger partial charge in [-0.25, -0.2) is 4.79 Å². The Morgan fingerprint density at radius 2 is 2.06 bits per heavy atom. The predicted molar refractivity (Wildman–Crippen MR) is 63.5 cm³/mol. The van der Waals surface area contributed by atoms with E-state index in [0.717, 1.165) is 12.1 Å². The van der Waals surface area contributed by atoms with Crippen molar-refractivity contribution in [1.82, 2.24) is 0 Å². The molecule has 0 aliphatic rings. The molecule has 18 heavy (non-hydrogen) atoms. The zero-order valence-electron chi connectivity index (χ0n) is 8.79. The molecule has 0 saturated heterocycles. The van der Waals surface area contributed by atoms with E-state index in [1.807, 2.05) is 0 Å². The molecular formula is C10H7ClN2O5. The number of carbonyl (C=O) groups excluding carboxylic acids is 1. The summed E-state index contributed by atoms with van der Waals surface area (Å²) in [6, 6.07) is 3.65. The number of carbonyl (C=O) groups is 2. The molecule has 0 aromatic heterocycles. The van der Waals surface area contributed by atoms with E-state index in [1.54, 1.807) is 0 Å². The molecule has 1 rings (SSSR count). The van der Waals surface area contributed by atoms with E-state index in [-0.39, 0.29) is 16.4 Å². The van der Waals surface area contributed by atoms with Gasteiger partial charge >= 0.3 is 5.97 Å². The van der Waals surface area contributed by atoms with Gasteiger partial charge in [-0.05, 0) is 12.1 Å². The molecule has 1 amide bonds. The summed E-state index contributed by atoms with van der Waals surface area (Å²) in [5.41, 5.74) is -0.441. The van der Waals surface area contributed by atoms with Crippen molar-refractivity contribution in [1.29, 1.82) is 0 Å². The van der Waals surface area contributed by atoms with E-state index in [1.165, 1.54) is 12.1 Å². The van der Waals surface area contributed by atoms with E-state index in [2.05, 4.69) is 5.32 Å². The highest BCUT2D eigenvalue weighted by atomic mass is 35.5. The van der Waals surface area contributed by atoms with Gasteiger partial charge < -0.3 is 10.4 Å². The van der Waals surface area contributed by atoms with Gasteiger partial charge in [0.1, 0.15) is 5.69 Å². The van der Waals surface area contributed by atoms with Crippen LogP contribution in [0.5, 0.6) is 0 Å². The molecule has 2 N–H and O–H groups in total. The van der Waals surface area contributed by atoms with Crippen molar-refractivity contribution in [3.8, 4) is 0 Å². The second kappa shape index (κ2) is 5.78. The number of hydrogen-bond donors (Lipinski definition) is 2. The summed E-state index contributed by atoms with van der Waals surface area (Å²) in [6.45, 7) is 0. The van der Waals surface area contributed by atoms with Crippen molar-refractivity contribution in [2.45, 2.75) is 0 Å². The lowest BCUT2D eigenvalue weighted by Gasteiger charge is -2.03. The fourth-order valence-corrected chi connectivity index (χ4v) is 1.26. The number of carboxylic acid groups (broad SMARTS) is 1. The van der Waals surface area contributed by atoms with Gasteiger partial charge in [-0.1, -0.05) is 11.6 Å². The first kappa shape index (κ1) is 13.7. The minimum atomic E-state index is -1.30. The normalized spacial score (nSPS) is 10.3. The van der Waals surface area contributed by atoms with Crippen LogP contribution in [0.1, 0.15) is 0 Å². The molecule has 0 fully saturated rings. The van der Waals surface area contributed by atoms with Crippen LogP contribution in [-0.4, -0.2) is 21.9 Å². The van der Waals surface area contributed by atoms with E-state index in [4.69, 9.17) is 16.7 Å². The third-order valence-electron chi connectivity index (χ3n) is 1.79. The number of amides is 1. The van der Waals surface area contributed by atoms with Crippen molar-refractivity contribution < 1.29 is 19.6 Å². The van der Waals surface area contributed by atoms with Gasteiger partial charge in [-0.3, -0.25) is 14.9 Å². The third-order valence-corrected chi connectivity index (χ3v) is 2.03. The Balaban J connectivity index is 2.96. The molecule has 0 aliphatic heterocycles. The number of carboxylic acids is 1. The molecule has 0 heterocycles. The zero-order chi connectivity index (χ0) is 13.7. The Morgan fingerprint density at radius 3 is 2.61 bits per heavy atom. The standard InChI is InChI=1S/C10H7ClN2O5/c11-6-1-2-8(13(17)18)7(5-6)12-9(14)3-4-10(15)16/h1-5H,(H,12,14)(H,15,16)/b4-3+. The van der Waals surface area contributed by atoms with Crippen LogP contribution in [0.25, 0.3) is 0 Å². The zero-order valence-corrected chi connectivity index (χ0v) is 9.55. The van der Waals surface area contributed by atoms with Gasteiger partial charge in [0.15, 0.2) is 0 Å². The van der Waals surface area contributed by atoms with Crippen LogP contribution in [0.3, 0.4) is 0 Å². The lowest BCUT2D eigenvalue weighted by atomic mass is 10.2. The lowest BCUT2D eigenvalue weighted by molar-refractivity contribution is -0.383. The van der Waals surface area contributed by atoms with E-state index in [0.29, 0.717) is 6.08 Å². The smallest absolute Gasteiger partial charge is 0.328 e.